The first kappa shape index (κ1) is 18.5. The molecule has 1 amide bonds. The Morgan fingerprint density at radius 3 is 2.54 bits per heavy atom. The Balaban J connectivity index is 2.05. The Kier molecular flexibility index (Phi) is 5.67. The number of aromatic nitrogens is 2. The number of carbonyl (C=O) groups is 2. The molecule has 2 atom stereocenters. The van der Waals surface area contributed by atoms with E-state index in [1.807, 2.05) is 30.4 Å². The van der Waals surface area contributed by atoms with Crippen molar-refractivity contribution in [2.75, 3.05) is 13.1 Å². The van der Waals surface area contributed by atoms with Crippen LogP contribution in [0.2, 0.25) is 0 Å². The lowest BCUT2D eigenvalue weighted by Gasteiger charge is -2.35. The quantitative estimate of drug-likeness (QED) is 0.895. The number of likely N-dealkylation sites (tertiary alicyclic amines) is 1. The van der Waals surface area contributed by atoms with E-state index in [0.717, 1.165) is 23.5 Å². The standard InChI is InChI=1S/C18H29N3O3/c1-11(2)9-21-14(5)16(13(4)19-21)8-17(22)20-7-6-15(18(23)24)12(3)10-20/h11-12,15H,6-10H2,1-5H3,(H,23,24). The largest absolute Gasteiger partial charge is 0.481 e. The maximum absolute atomic E-state index is 12.7. The summed E-state index contributed by atoms with van der Waals surface area (Å²) in [6.07, 6.45) is 0.882. The molecule has 0 aromatic carbocycles. The highest BCUT2D eigenvalue weighted by Gasteiger charge is 2.33. The van der Waals surface area contributed by atoms with Crippen LogP contribution in [-0.4, -0.2) is 44.8 Å². The third kappa shape index (κ3) is 3.97. The lowest BCUT2D eigenvalue weighted by atomic mass is 9.87. The maximum atomic E-state index is 12.7. The predicted molar refractivity (Wildman–Crippen MR) is 91.7 cm³/mol. The molecule has 0 saturated carbocycles. The predicted octanol–water partition coefficient (Wildman–Crippen LogP) is 2.27. The Morgan fingerprint density at radius 2 is 2.00 bits per heavy atom. The van der Waals surface area contributed by atoms with Gasteiger partial charge in [-0.05, 0) is 32.1 Å². The van der Waals surface area contributed by atoms with Crippen molar-refractivity contribution in [1.29, 1.82) is 0 Å². The summed E-state index contributed by atoms with van der Waals surface area (Å²) in [6.45, 7) is 12.1. The number of carbonyl (C=O) groups excluding carboxylic acids is 1. The van der Waals surface area contributed by atoms with Crippen LogP contribution in [-0.2, 0) is 22.6 Å². The summed E-state index contributed by atoms with van der Waals surface area (Å²) in [6, 6.07) is 0. The number of aryl methyl sites for hydroxylation is 1. The van der Waals surface area contributed by atoms with Crippen LogP contribution in [0.4, 0.5) is 0 Å². The molecule has 2 rings (SSSR count). The Hall–Kier alpha value is -1.85. The molecule has 2 unspecified atom stereocenters. The molecule has 24 heavy (non-hydrogen) atoms. The van der Waals surface area contributed by atoms with Gasteiger partial charge < -0.3 is 10.0 Å². The highest BCUT2D eigenvalue weighted by Crippen LogP contribution is 2.25. The van der Waals surface area contributed by atoms with Crippen LogP contribution in [0.15, 0.2) is 0 Å². The highest BCUT2D eigenvalue weighted by atomic mass is 16.4. The second-order valence-corrected chi connectivity index (χ2v) is 7.45. The molecule has 1 aromatic heterocycles. The van der Waals surface area contributed by atoms with Crippen molar-refractivity contribution < 1.29 is 14.7 Å². The second kappa shape index (κ2) is 7.36. The second-order valence-electron chi connectivity index (χ2n) is 7.45. The van der Waals surface area contributed by atoms with E-state index in [4.69, 9.17) is 0 Å². The van der Waals surface area contributed by atoms with Crippen LogP contribution in [0, 0.1) is 31.6 Å². The maximum Gasteiger partial charge on any atom is 0.306 e. The van der Waals surface area contributed by atoms with E-state index < -0.39 is 5.97 Å². The van der Waals surface area contributed by atoms with Crippen molar-refractivity contribution >= 4 is 11.9 Å². The first-order valence-corrected chi connectivity index (χ1v) is 8.74. The highest BCUT2D eigenvalue weighted by molar-refractivity contribution is 5.80. The molecule has 0 aliphatic carbocycles. The summed E-state index contributed by atoms with van der Waals surface area (Å²) in [4.78, 5) is 25.7. The smallest absolute Gasteiger partial charge is 0.306 e. The van der Waals surface area contributed by atoms with E-state index >= 15 is 0 Å². The zero-order valence-electron chi connectivity index (χ0n) is 15.4. The fourth-order valence-electron chi connectivity index (χ4n) is 3.52. The normalized spacial score (nSPS) is 21.3. The monoisotopic (exact) mass is 335 g/mol. The van der Waals surface area contributed by atoms with Gasteiger partial charge in [-0.3, -0.25) is 14.3 Å². The van der Waals surface area contributed by atoms with Gasteiger partial charge in [0, 0.05) is 30.9 Å². The van der Waals surface area contributed by atoms with Crippen molar-refractivity contribution in [2.24, 2.45) is 17.8 Å². The molecule has 134 valence electrons. The fourth-order valence-corrected chi connectivity index (χ4v) is 3.52. The van der Waals surface area contributed by atoms with Crippen molar-refractivity contribution in [2.45, 2.75) is 54.0 Å². The SMILES string of the molecule is Cc1nn(CC(C)C)c(C)c1CC(=O)N1CCC(C(=O)O)C(C)C1. The minimum absolute atomic E-state index is 0.00828. The Morgan fingerprint density at radius 1 is 1.33 bits per heavy atom. The molecular formula is C18H29N3O3. The van der Waals surface area contributed by atoms with Crippen molar-refractivity contribution in [3.8, 4) is 0 Å². The minimum Gasteiger partial charge on any atom is -0.481 e. The van der Waals surface area contributed by atoms with Crippen LogP contribution < -0.4 is 0 Å². The van der Waals surface area contributed by atoms with Gasteiger partial charge in [0.25, 0.3) is 0 Å². The Bertz CT molecular complexity index is 621. The number of nitrogens with zero attached hydrogens (tertiary/aromatic N) is 3. The fraction of sp³-hybridized carbons (Fsp3) is 0.722. The van der Waals surface area contributed by atoms with E-state index in [2.05, 4.69) is 18.9 Å². The molecule has 1 N–H and O–H groups in total. The van der Waals surface area contributed by atoms with E-state index in [9.17, 15) is 14.7 Å². The third-order valence-corrected chi connectivity index (χ3v) is 4.97. The summed E-state index contributed by atoms with van der Waals surface area (Å²) in [5.74, 6) is -0.531. The number of piperidine rings is 1. The average molecular weight is 335 g/mol. The van der Waals surface area contributed by atoms with E-state index in [1.54, 1.807) is 0 Å². The van der Waals surface area contributed by atoms with Gasteiger partial charge in [0.15, 0.2) is 0 Å². The molecule has 0 spiro atoms. The number of rotatable bonds is 5. The molecular weight excluding hydrogens is 306 g/mol. The van der Waals surface area contributed by atoms with Crippen LogP contribution in [0.5, 0.6) is 0 Å². The van der Waals surface area contributed by atoms with Gasteiger partial charge >= 0.3 is 5.97 Å². The van der Waals surface area contributed by atoms with Gasteiger partial charge in [-0.2, -0.15) is 5.10 Å². The molecule has 1 saturated heterocycles. The molecule has 6 heteroatoms. The molecule has 1 aliphatic rings. The first-order chi connectivity index (χ1) is 11.2. The number of aliphatic carboxylic acids is 1. The van der Waals surface area contributed by atoms with Gasteiger partial charge in [-0.15, -0.1) is 0 Å². The average Bonchev–Trinajstić information content (AvgIpc) is 2.73. The zero-order valence-corrected chi connectivity index (χ0v) is 15.4. The summed E-state index contributed by atoms with van der Waals surface area (Å²) < 4.78 is 1.99. The molecule has 2 heterocycles. The van der Waals surface area contributed by atoms with Crippen LogP contribution in [0.3, 0.4) is 0 Å². The summed E-state index contributed by atoms with van der Waals surface area (Å²) in [7, 11) is 0. The molecule has 1 aliphatic heterocycles. The lowest BCUT2D eigenvalue weighted by molar-refractivity contribution is -0.148. The van der Waals surface area contributed by atoms with Crippen LogP contribution in [0.25, 0.3) is 0 Å². The van der Waals surface area contributed by atoms with Crippen molar-refractivity contribution in [3.05, 3.63) is 17.0 Å². The number of hydrogen-bond acceptors (Lipinski definition) is 3. The zero-order chi connectivity index (χ0) is 18.0. The van der Waals surface area contributed by atoms with Crippen molar-refractivity contribution in [3.63, 3.8) is 0 Å². The van der Waals surface area contributed by atoms with Gasteiger partial charge in [0.1, 0.15) is 0 Å². The topological polar surface area (TPSA) is 75.4 Å². The van der Waals surface area contributed by atoms with Crippen LogP contribution >= 0.6 is 0 Å². The van der Waals surface area contributed by atoms with Crippen molar-refractivity contribution in [1.82, 2.24) is 14.7 Å². The third-order valence-electron chi connectivity index (χ3n) is 4.97. The minimum atomic E-state index is -0.753. The van der Waals surface area contributed by atoms with Gasteiger partial charge in [-0.25, -0.2) is 0 Å². The van der Waals surface area contributed by atoms with Gasteiger partial charge in [0.2, 0.25) is 5.91 Å². The Labute approximate surface area is 143 Å². The number of carboxylic acid groups (broad SMARTS) is 1. The lowest BCUT2D eigenvalue weighted by Crippen LogP contribution is -2.45. The summed E-state index contributed by atoms with van der Waals surface area (Å²) >= 11 is 0. The molecule has 1 fully saturated rings. The van der Waals surface area contributed by atoms with Crippen LogP contribution in [0.1, 0.15) is 44.1 Å². The van der Waals surface area contributed by atoms with E-state index in [-0.39, 0.29) is 17.7 Å². The molecule has 0 radical (unpaired) electrons. The number of amides is 1. The van der Waals surface area contributed by atoms with E-state index in [1.165, 1.54) is 0 Å². The molecule has 6 nitrogen and oxygen atoms in total. The van der Waals surface area contributed by atoms with Gasteiger partial charge in [0.05, 0.1) is 18.0 Å². The molecule has 0 bridgehead atoms. The van der Waals surface area contributed by atoms with Gasteiger partial charge in [-0.1, -0.05) is 20.8 Å². The molecule has 1 aromatic rings. The van der Waals surface area contributed by atoms with E-state index in [0.29, 0.717) is 31.8 Å². The number of hydrogen-bond donors (Lipinski definition) is 1. The summed E-state index contributed by atoms with van der Waals surface area (Å²) in [5.41, 5.74) is 2.98. The number of carboxylic acids is 1. The summed E-state index contributed by atoms with van der Waals surface area (Å²) in [5, 5.41) is 13.8. The first-order valence-electron chi connectivity index (χ1n) is 8.74.